The molecule has 0 aliphatic rings. The van der Waals surface area contributed by atoms with Gasteiger partial charge < -0.3 is 9.73 Å². The molecule has 2 nitrogen and oxygen atoms in total. The summed E-state index contributed by atoms with van der Waals surface area (Å²) in [6.07, 6.45) is 3.81. The number of nitrogens with one attached hydrogen (secondary N) is 1. The van der Waals surface area contributed by atoms with Crippen molar-refractivity contribution >= 4 is 11.3 Å². The fourth-order valence-corrected chi connectivity index (χ4v) is 2.78. The van der Waals surface area contributed by atoms with Crippen molar-refractivity contribution in [1.29, 1.82) is 0 Å². The Bertz CT molecular complexity index is 433. The lowest BCUT2D eigenvalue weighted by Crippen LogP contribution is -2.20. The molecule has 2 heterocycles. The van der Waals surface area contributed by atoms with E-state index >= 15 is 0 Å². The number of aryl methyl sites for hydroxylation is 2. The first kappa shape index (κ1) is 12.4. The quantitative estimate of drug-likeness (QED) is 0.839. The van der Waals surface area contributed by atoms with Gasteiger partial charge in [0.25, 0.3) is 0 Å². The first-order valence-corrected chi connectivity index (χ1v) is 6.98. The van der Waals surface area contributed by atoms with E-state index in [0.29, 0.717) is 6.04 Å². The summed E-state index contributed by atoms with van der Waals surface area (Å²) >= 11 is 1.82. The molecule has 0 saturated heterocycles. The second-order valence-electron chi connectivity index (χ2n) is 4.22. The molecule has 0 spiro atoms. The van der Waals surface area contributed by atoms with Crippen LogP contribution < -0.4 is 5.32 Å². The molecular weight excluding hydrogens is 230 g/mol. The van der Waals surface area contributed by atoms with Gasteiger partial charge in [0.2, 0.25) is 0 Å². The molecule has 0 fully saturated rings. The van der Waals surface area contributed by atoms with Crippen LogP contribution in [-0.2, 0) is 6.42 Å². The second-order valence-corrected chi connectivity index (χ2v) is 5.33. The third-order valence-corrected chi connectivity index (χ3v) is 3.74. The van der Waals surface area contributed by atoms with Crippen LogP contribution in [0.25, 0.3) is 0 Å². The second kappa shape index (κ2) is 6.03. The monoisotopic (exact) mass is 249 g/mol. The standard InChI is InChI=1S/C14H19NOS/c1-3-15-14(12-9-11(2)17-10-12)7-6-13-5-4-8-16-13/h4-5,8-10,14-15H,3,6-7H2,1-2H3. The van der Waals surface area contributed by atoms with Crippen molar-refractivity contribution in [1.82, 2.24) is 5.32 Å². The normalized spacial score (nSPS) is 12.8. The van der Waals surface area contributed by atoms with E-state index in [9.17, 15) is 0 Å². The van der Waals surface area contributed by atoms with Gasteiger partial charge in [0.05, 0.1) is 6.26 Å². The van der Waals surface area contributed by atoms with E-state index < -0.39 is 0 Å². The Kier molecular flexibility index (Phi) is 4.40. The Morgan fingerprint density at radius 2 is 2.35 bits per heavy atom. The molecule has 2 rings (SSSR count). The highest BCUT2D eigenvalue weighted by atomic mass is 32.1. The summed E-state index contributed by atoms with van der Waals surface area (Å²) < 4.78 is 5.38. The summed E-state index contributed by atoms with van der Waals surface area (Å²) in [4.78, 5) is 1.38. The molecule has 1 unspecified atom stereocenters. The molecule has 0 aliphatic heterocycles. The van der Waals surface area contributed by atoms with Crippen molar-refractivity contribution in [3.8, 4) is 0 Å². The van der Waals surface area contributed by atoms with E-state index in [1.165, 1.54) is 10.4 Å². The molecule has 0 amide bonds. The van der Waals surface area contributed by atoms with E-state index in [2.05, 4.69) is 30.6 Å². The smallest absolute Gasteiger partial charge is 0.103 e. The van der Waals surface area contributed by atoms with Crippen molar-refractivity contribution in [3.05, 3.63) is 46.0 Å². The van der Waals surface area contributed by atoms with Crippen molar-refractivity contribution in [2.24, 2.45) is 0 Å². The number of hydrogen-bond acceptors (Lipinski definition) is 3. The van der Waals surface area contributed by atoms with Crippen LogP contribution >= 0.6 is 11.3 Å². The van der Waals surface area contributed by atoms with Gasteiger partial charge in [0, 0.05) is 17.3 Å². The number of thiophene rings is 1. The minimum Gasteiger partial charge on any atom is -0.469 e. The van der Waals surface area contributed by atoms with Gasteiger partial charge in [-0.2, -0.15) is 0 Å². The molecule has 0 radical (unpaired) electrons. The summed E-state index contributed by atoms with van der Waals surface area (Å²) in [5.41, 5.74) is 1.40. The lowest BCUT2D eigenvalue weighted by Gasteiger charge is -2.16. The molecule has 1 N–H and O–H groups in total. The Morgan fingerprint density at radius 3 is 2.94 bits per heavy atom. The van der Waals surface area contributed by atoms with Crippen molar-refractivity contribution < 1.29 is 4.42 Å². The molecular formula is C14H19NOS. The third kappa shape index (κ3) is 3.45. The average Bonchev–Trinajstić information content (AvgIpc) is 2.95. The highest BCUT2D eigenvalue weighted by molar-refractivity contribution is 7.10. The molecule has 0 aliphatic carbocycles. The lowest BCUT2D eigenvalue weighted by atomic mass is 10.0. The van der Waals surface area contributed by atoms with Gasteiger partial charge in [-0.05, 0) is 49.0 Å². The highest BCUT2D eigenvalue weighted by Crippen LogP contribution is 2.24. The van der Waals surface area contributed by atoms with E-state index in [-0.39, 0.29) is 0 Å². The summed E-state index contributed by atoms with van der Waals surface area (Å²) in [5.74, 6) is 1.07. The van der Waals surface area contributed by atoms with Crippen LogP contribution in [0.4, 0.5) is 0 Å². The van der Waals surface area contributed by atoms with Gasteiger partial charge in [-0.15, -0.1) is 11.3 Å². The number of rotatable bonds is 6. The zero-order chi connectivity index (χ0) is 12.1. The number of hydrogen-bond donors (Lipinski definition) is 1. The van der Waals surface area contributed by atoms with Gasteiger partial charge in [0.15, 0.2) is 0 Å². The van der Waals surface area contributed by atoms with Gasteiger partial charge in [0.1, 0.15) is 5.76 Å². The summed E-state index contributed by atoms with van der Waals surface area (Å²) in [6, 6.07) is 6.71. The number of furan rings is 1. The van der Waals surface area contributed by atoms with Crippen LogP contribution in [-0.4, -0.2) is 6.54 Å². The van der Waals surface area contributed by atoms with Crippen molar-refractivity contribution in [3.63, 3.8) is 0 Å². The molecule has 2 aromatic heterocycles. The molecule has 0 saturated carbocycles. The lowest BCUT2D eigenvalue weighted by molar-refractivity contribution is 0.459. The minimum absolute atomic E-state index is 0.440. The highest BCUT2D eigenvalue weighted by Gasteiger charge is 2.12. The maximum atomic E-state index is 5.38. The minimum atomic E-state index is 0.440. The zero-order valence-electron chi connectivity index (χ0n) is 10.4. The Morgan fingerprint density at radius 1 is 1.47 bits per heavy atom. The zero-order valence-corrected chi connectivity index (χ0v) is 11.2. The van der Waals surface area contributed by atoms with Crippen LogP contribution in [0.5, 0.6) is 0 Å². The molecule has 17 heavy (non-hydrogen) atoms. The molecule has 3 heteroatoms. The molecule has 0 bridgehead atoms. The van der Waals surface area contributed by atoms with E-state index in [1.54, 1.807) is 6.26 Å². The van der Waals surface area contributed by atoms with Crippen molar-refractivity contribution in [2.45, 2.75) is 32.7 Å². The summed E-state index contributed by atoms with van der Waals surface area (Å²) in [6.45, 7) is 5.31. The topological polar surface area (TPSA) is 25.2 Å². The SMILES string of the molecule is CCNC(CCc1ccco1)c1csc(C)c1. The van der Waals surface area contributed by atoms with Crippen molar-refractivity contribution in [2.75, 3.05) is 6.54 Å². The van der Waals surface area contributed by atoms with Gasteiger partial charge in [-0.25, -0.2) is 0 Å². The summed E-state index contributed by atoms with van der Waals surface area (Å²) in [7, 11) is 0. The predicted molar refractivity (Wildman–Crippen MR) is 72.5 cm³/mol. The largest absolute Gasteiger partial charge is 0.469 e. The molecule has 0 aromatic carbocycles. The summed E-state index contributed by atoms with van der Waals surface area (Å²) in [5, 5.41) is 5.79. The maximum absolute atomic E-state index is 5.38. The van der Waals surface area contributed by atoms with E-state index in [4.69, 9.17) is 4.42 Å². The first-order chi connectivity index (χ1) is 8.29. The van der Waals surface area contributed by atoms with Crippen LogP contribution in [0.15, 0.2) is 34.3 Å². The Labute approximate surface area is 107 Å². The van der Waals surface area contributed by atoms with Gasteiger partial charge >= 0.3 is 0 Å². The fourth-order valence-electron chi connectivity index (χ4n) is 2.02. The van der Waals surface area contributed by atoms with Crippen LogP contribution in [0.1, 0.15) is 35.6 Å². The average molecular weight is 249 g/mol. The predicted octanol–water partition coefficient (Wildman–Crippen LogP) is 3.93. The molecule has 2 aromatic rings. The molecule has 1 atom stereocenters. The maximum Gasteiger partial charge on any atom is 0.103 e. The van der Waals surface area contributed by atoms with Crippen LogP contribution in [0.3, 0.4) is 0 Å². The first-order valence-electron chi connectivity index (χ1n) is 6.10. The Balaban J connectivity index is 1.97. The van der Waals surface area contributed by atoms with Crippen LogP contribution in [0, 0.1) is 6.92 Å². The van der Waals surface area contributed by atoms with Gasteiger partial charge in [-0.3, -0.25) is 0 Å². The third-order valence-electron chi connectivity index (χ3n) is 2.86. The Hall–Kier alpha value is -1.06. The van der Waals surface area contributed by atoms with Crippen LogP contribution in [0.2, 0.25) is 0 Å². The molecule has 92 valence electrons. The van der Waals surface area contributed by atoms with Gasteiger partial charge in [-0.1, -0.05) is 6.92 Å². The van der Waals surface area contributed by atoms with E-state index in [0.717, 1.165) is 25.1 Å². The fraction of sp³-hybridized carbons (Fsp3) is 0.429. The van der Waals surface area contributed by atoms with E-state index in [1.807, 2.05) is 23.5 Å².